The predicted octanol–water partition coefficient (Wildman–Crippen LogP) is 3.65. The second-order valence-electron chi connectivity index (χ2n) is 5.21. The van der Waals surface area contributed by atoms with E-state index in [1.807, 2.05) is 17.9 Å². The van der Waals surface area contributed by atoms with E-state index in [1.54, 1.807) is 43.6 Å². The van der Waals surface area contributed by atoms with Crippen molar-refractivity contribution >= 4 is 17.4 Å². The van der Waals surface area contributed by atoms with Gasteiger partial charge in [-0.15, -0.1) is 0 Å². The molecule has 8 heteroatoms. The van der Waals surface area contributed by atoms with Gasteiger partial charge in [0.15, 0.2) is 5.84 Å². The Bertz CT molecular complexity index is 733. The SMILES string of the molecule is CCN(Cc1ccc(Oc2ccc(Cl)cc2)nc1)C(C[N+](=O)[O-])=NC. The summed E-state index contributed by atoms with van der Waals surface area (Å²) in [6, 6.07) is 10.6. The minimum absolute atomic E-state index is 0.296. The zero-order chi connectivity index (χ0) is 18.2. The molecule has 0 fully saturated rings. The molecule has 1 aromatic carbocycles. The molecule has 2 aromatic rings. The van der Waals surface area contributed by atoms with Gasteiger partial charge in [0.1, 0.15) is 5.75 Å². The lowest BCUT2D eigenvalue weighted by Crippen LogP contribution is -2.35. The maximum absolute atomic E-state index is 10.7. The Kier molecular flexibility index (Phi) is 6.71. The lowest BCUT2D eigenvalue weighted by molar-refractivity contribution is -0.464. The molecule has 0 radical (unpaired) electrons. The van der Waals surface area contributed by atoms with Gasteiger partial charge in [-0.1, -0.05) is 17.7 Å². The van der Waals surface area contributed by atoms with Crippen LogP contribution in [-0.2, 0) is 6.54 Å². The van der Waals surface area contributed by atoms with Crippen LogP contribution in [0.2, 0.25) is 5.02 Å². The number of rotatable bonds is 7. The zero-order valence-corrected chi connectivity index (χ0v) is 14.8. The lowest BCUT2D eigenvalue weighted by atomic mass is 10.2. The molecule has 1 heterocycles. The van der Waals surface area contributed by atoms with Gasteiger partial charge in [0.05, 0.1) is 0 Å². The number of ether oxygens (including phenoxy) is 1. The highest BCUT2D eigenvalue weighted by Gasteiger charge is 2.15. The van der Waals surface area contributed by atoms with Crippen LogP contribution in [0.1, 0.15) is 12.5 Å². The summed E-state index contributed by atoms with van der Waals surface area (Å²) in [6.45, 7) is 2.74. The van der Waals surface area contributed by atoms with Crippen molar-refractivity contribution < 1.29 is 9.66 Å². The van der Waals surface area contributed by atoms with Gasteiger partial charge in [-0.05, 0) is 36.8 Å². The van der Waals surface area contributed by atoms with Crippen LogP contribution >= 0.6 is 11.6 Å². The van der Waals surface area contributed by atoms with Gasteiger partial charge in [-0.25, -0.2) is 4.98 Å². The van der Waals surface area contributed by atoms with Gasteiger partial charge < -0.3 is 9.64 Å². The summed E-state index contributed by atoms with van der Waals surface area (Å²) in [6.07, 6.45) is 1.69. The Balaban J connectivity index is 2.03. The van der Waals surface area contributed by atoms with Gasteiger partial charge in [0.25, 0.3) is 6.54 Å². The van der Waals surface area contributed by atoms with E-state index in [4.69, 9.17) is 16.3 Å². The van der Waals surface area contributed by atoms with Crippen LogP contribution in [0, 0.1) is 10.1 Å². The first-order valence-electron chi connectivity index (χ1n) is 7.72. The standard InChI is InChI=1S/C17H19ClN4O3/c1-3-21(16(19-2)12-22(23)24)11-13-4-9-17(20-10-13)25-15-7-5-14(18)6-8-15/h4-10H,3,11-12H2,1-2H3. The van der Waals surface area contributed by atoms with Crippen molar-refractivity contribution in [2.45, 2.75) is 13.5 Å². The van der Waals surface area contributed by atoms with Crippen LogP contribution in [-0.4, -0.2) is 40.8 Å². The quantitative estimate of drug-likeness (QED) is 0.325. The number of pyridine rings is 1. The molecule has 0 atom stereocenters. The molecular formula is C17H19ClN4O3. The monoisotopic (exact) mass is 362 g/mol. The number of halogens is 1. The summed E-state index contributed by atoms with van der Waals surface area (Å²) in [5, 5.41) is 11.4. The number of benzene rings is 1. The molecule has 0 saturated heterocycles. The highest BCUT2D eigenvalue weighted by molar-refractivity contribution is 6.30. The van der Waals surface area contributed by atoms with E-state index >= 15 is 0 Å². The lowest BCUT2D eigenvalue weighted by Gasteiger charge is -2.22. The Hall–Kier alpha value is -2.67. The summed E-state index contributed by atoms with van der Waals surface area (Å²) >= 11 is 5.84. The molecule has 0 unspecified atom stereocenters. The molecule has 0 saturated carbocycles. The van der Waals surface area contributed by atoms with Gasteiger partial charge in [0, 0.05) is 42.3 Å². The van der Waals surface area contributed by atoms with Gasteiger partial charge in [0.2, 0.25) is 5.88 Å². The number of aliphatic imine (C=N–C) groups is 1. The molecule has 0 aliphatic heterocycles. The first kappa shape index (κ1) is 18.7. The fraction of sp³-hybridized carbons (Fsp3) is 0.294. The van der Waals surface area contributed by atoms with Crippen LogP contribution in [0.4, 0.5) is 0 Å². The summed E-state index contributed by atoms with van der Waals surface area (Å²) in [4.78, 5) is 20.5. The van der Waals surface area contributed by atoms with Crippen molar-refractivity contribution in [3.05, 3.63) is 63.3 Å². The molecule has 7 nitrogen and oxygen atoms in total. The van der Waals surface area contributed by atoms with E-state index in [0.29, 0.717) is 35.6 Å². The molecule has 1 aromatic heterocycles. The number of nitrogens with zero attached hydrogens (tertiary/aromatic N) is 4. The first-order valence-corrected chi connectivity index (χ1v) is 8.10. The second kappa shape index (κ2) is 8.98. The van der Waals surface area contributed by atoms with Crippen molar-refractivity contribution in [3.8, 4) is 11.6 Å². The van der Waals surface area contributed by atoms with Crippen LogP contribution < -0.4 is 4.74 Å². The number of nitro groups is 1. The zero-order valence-electron chi connectivity index (χ0n) is 14.1. The van der Waals surface area contributed by atoms with Crippen molar-refractivity contribution in [2.24, 2.45) is 4.99 Å². The van der Waals surface area contributed by atoms with Gasteiger partial charge >= 0.3 is 0 Å². The molecule has 132 valence electrons. The number of likely N-dealkylation sites (N-methyl/N-ethyl adjacent to an activating group) is 1. The Morgan fingerprint density at radius 2 is 2.04 bits per heavy atom. The Morgan fingerprint density at radius 1 is 1.32 bits per heavy atom. The van der Waals surface area contributed by atoms with Crippen LogP contribution in [0.15, 0.2) is 47.6 Å². The largest absolute Gasteiger partial charge is 0.439 e. The highest BCUT2D eigenvalue weighted by Crippen LogP contribution is 2.21. The van der Waals surface area contributed by atoms with Crippen molar-refractivity contribution in [2.75, 3.05) is 20.1 Å². The smallest absolute Gasteiger partial charge is 0.260 e. The van der Waals surface area contributed by atoms with E-state index in [0.717, 1.165) is 5.56 Å². The molecule has 0 aliphatic carbocycles. The molecule has 0 bridgehead atoms. The predicted molar refractivity (Wildman–Crippen MR) is 97.1 cm³/mol. The Labute approximate surface area is 151 Å². The third-order valence-corrected chi connectivity index (χ3v) is 3.73. The minimum atomic E-state index is -0.383. The maximum Gasteiger partial charge on any atom is 0.260 e. The molecular weight excluding hydrogens is 344 g/mol. The summed E-state index contributed by atoms with van der Waals surface area (Å²) in [5.41, 5.74) is 0.912. The van der Waals surface area contributed by atoms with Crippen molar-refractivity contribution in [1.82, 2.24) is 9.88 Å². The number of aromatic nitrogens is 1. The molecule has 0 N–H and O–H groups in total. The van der Waals surface area contributed by atoms with Crippen LogP contribution in [0.5, 0.6) is 11.6 Å². The molecule has 25 heavy (non-hydrogen) atoms. The summed E-state index contributed by atoms with van der Waals surface area (Å²) in [5.74, 6) is 1.55. The van der Waals surface area contributed by atoms with Crippen molar-refractivity contribution in [1.29, 1.82) is 0 Å². The highest BCUT2D eigenvalue weighted by atomic mass is 35.5. The van der Waals surface area contributed by atoms with Crippen molar-refractivity contribution in [3.63, 3.8) is 0 Å². The number of amidine groups is 1. The third kappa shape index (κ3) is 5.72. The fourth-order valence-corrected chi connectivity index (χ4v) is 2.35. The van der Waals surface area contributed by atoms with Gasteiger partial charge in [-0.2, -0.15) is 0 Å². The third-order valence-electron chi connectivity index (χ3n) is 3.48. The molecule has 0 spiro atoms. The maximum atomic E-state index is 10.7. The molecule has 2 rings (SSSR count). The molecule has 0 aliphatic rings. The van der Waals surface area contributed by atoms with E-state index in [-0.39, 0.29) is 11.5 Å². The summed E-state index contributed by atoms with van der Waals surface area (Å²) < 4.78 is 5.64. The number of hydrogen-bond acceptors (Lipinski definition) is 5. The average molecular weight is 363 g/mol. The van der Waals surface area contributed by atoms with E-state index < -0.39 is 0 Å². The molecule has 0 amide bonds. The van der Waals surface area contributed by atoms with E-state index in [9.17, 15) is 10.1 Å². The van der Waals surface area contributed by atoms with Crippen LogP contribution in [0.25, 0.3) is 0 Å². The summed E-state index contributed by atoms with van der Waals surface area (Å²) in [7, 11) is 1.56. The average Bonchev–Trinajstić information content (AvgIpc) is 2.61. The number of hydrogen-bond donors (Lipinski definition) is 0. The van der Waals surface area contributed by atoms with E-state index in [2.05, 4.69) is 9.98 Å². The first-order chi connectivity index (χ1) is 12.0. The Morgan fingerprint density at radius 3 is 2.56 bits per heavy atom. The van der Waals surface area contributed by atoms with E-state index in [1.165, 1.54) is 0 Å². The second-order valence-corrected chi connectivity index (χ2v) is 5.64. The van der Waals surface area contributed by atoms with Gasteiger partial charge in [-0.3, -0.25) is 15.1 Å². The topological polar surface area (TPSA) is 80.9 Å². The normalized spacial score (nSPS) is 11.2. The minimum Gasteiger partial charge on any atom is -0.439 e. The van der Waals surface area contributed by atoms with Crippen LogP contribution in [0.3, 0.4) is 0 Å². The fourth-order valence-electron chi connectivity index (χ4n) is 2.22.